The molecule has 0 aliphatic carbocycles. The fourth-order valence-corrected chi connectivity index (χ4v) is 0.431. The third-order valence-electron chi connectivity index (χ3n) is 0.705. The fourth-order valence-electron chi connectivity index (χ4n) is 0.324. The average Bonchev–Trinajstić information content (AvgIpc) is 1.77. The number of aromatic nitrogens is 2. The summed E-state index contributed by atoms with van der Waals surface area (Å²) in [5, 5.41) is 7.21. The lowest BCUT2D eigenvalue weighted by Crippen LogP contribution is -1.89. The summed E-state index contributed by atoms with van der Waals surface area (Å²) in [6.45, 7) is 0. The predicted molar refractivity (Wildman–Crippen MR) is 31.5 cm³/mol. The van der Waals surface area contributed by atoms with Gasteiger partial charge in [-0.15, -0.1) is 5.10 Å². The summed E-state index contributed by atoms with van der Waals surface area (Å²) in [5.41, 5.74) is 5.75. The average molecular weight is 130 g/mol. The van der Waals surface area contributed by atoms with Crippen LogP contribution < -0.4 is 5.73 Å². The molecular formula is C4H4ClN3. The summed E-state index contributed by atoms with van der Waals surface area (Å²) in [4.78, 5) is 0. The molecule has 42 valence electrons. The van der Waals surface area contributed by atoms with E-state index in [9.17, 15) is 0 Å². The van der Waals surface area contributed by atoms with Crippen LogP contribution in [0.4, 0.5) is 5.69 Å². The zero-order chi connectivity index (χ0) is 5.98. The first-order valence-electron chi connectivity index (χ1n) is 2.03. The highest BCUT2D eigenvalue weighted by Gasteiger charge is 1.90. The van der Waals surface area contributed by atoms with Crippen LogP contribution in [-0.2, 0) is 0 Å². The minimum absolute atomic E-state index is 0.257. The summed E-state index contributed by atoms with van der Waals surface area (Å²) in [5.74, 6) is 0. The molecule has 0 radical (unpaired) electrons. The van der Waals surface area contributed by atoms with Gasteiger partial charge >= 0.3 is 0 Å². The van der Waals surface area contributed by atoms with E-state index in [1.54, 1.807) is 6.07 Å². The van der Waals surface area contributed by atoms with Crippen LogP contribution in [0.25, 0.3) is 0 Å². The van der Waals surface area contributed by atoms with Crippen LogP contribution >= 0.6 is 11.6 Å². The van der Waals surface area contributed by atoms with Crippen LogP contribution in [0.15, 0.2) is 12.3 Å². The van der Waals surface area contributed by atoms with Crippen molar-refractivity contribution in [2.45, 2.75) is 0 Å². The second-order valence-corrected chi connectivity index (χ2v) is 1.64. The van der Waals surface area contributed by atoms with Crippen LogP contribution in [0.1, 0.15) is 0 Å². The molecule has 2 N–H and O–H groups in total. The van der Waals surface area contributed by atoms with E-state index in [2.05, 4.69) is 10.2 Å². The molecule has 0 amide bonds. The summed E-state index contributed by atoms with van der Waals surface area (Å²) in [6, 6.07) is 1.59. The lowest BCUT2D eigenvalue weighted by Gasteiger charge is -1.89. The van der Waals surface area contributed by atoms with E-state index in [0.29, 0.717) is 5.69 Å². The number of hydrogen-bond donors (Lipinski definition) is 1. The van der Waals surface area contributed by atoms with Gasteiger partial charge in [0, 0.05) is 0 Å². The quantitative estimate of drug-likeness (QED) is 0.562. The number of anilines is 1. The smallest absolute Gasteiger partial charge is 0.174 e. The van der Waals surface area contributed by atoms with Gasteiger partial charge in [-0.25, -0.2) is 0 Å². The number of hydrogen-bond acceptors (Lipinski definition) is 3. The molecule has 0 aromatic carbocycles. The lowest BCUT2D eigenvalue weighted by molar-refractivity contribution is 1.03. The van der Waals surface area contributed by atoms with Crippen LogP contribution in [0.3, 0.4) is 0 Å². The molecule has 1 aromatic rings. The molecule has 3 nitrogen and oxygen atoms in total. The second kappa shape index (κ2) is 1.96. The Kier molecular flexibility index (Phi) is 1.30. The fraction of sp³-hybridized carbons (Fsp3) is 0. The van der Waals surface area contributed by atoms with Gasteiger partial charge in [0.2, 0.25) is 0 Å². The zero-order valence-corrected chi connectivity index (χ0v) is 4.76. The Hall–Kier alpha value is -0.830. The van der Waals surface area contributed by atoms with Gasteiger partial charge in [-0.3, -0.25) is 0 Å². The van der Waals surface area contributed by atoms with Gasteiger partial charge in [-0.2, -0.15) is 5.10 Å². The van der Waals surface area contributed by atoms with E-state index in [4.69, 9.17) is 17.3 Å². The summed E-state index contributed by atoms with van der Waals surface area (Å²) >= 11 is 5.41. The number of rotatable bonds is 0. The van der Waals surface area contributed by atoms with Gasteiger partial charge in [0.25, 0.3) is 0 Å². The van der Waals surface area contributed by atoms with Crippen LogP contribution in [0, 0.1) is 0 Å². The van der Waals surface area contributed by atoms with Gasteiger partial charge in [-0.1, -0.05) is 11.6 Å². The lowest BCUT2D eigenvalue weighted by atomic mass is 10.5. The number of nitrogens with zero attached hydrogens (tertiary/aromatic N) is 2. The molecule has 0 atom stereocenters. The molecule has 0 aliphatic heterocycles. The van der Waals surface area contributed by atoms with Crippen LogP contribution in [-0.4, -0.2) is 10.2 Å². The predicted octanol–water partition coefficient (Wildman–Crippen LogP) is 0.712. The van der Waals surface area contributed by atoms with Crippen molar-refractivity contribution in [1.29, 1.82) is 0 Å². The van der Waals surface area contributed by atoms with E-state index in [1.807, 2.05) is 0 Å². The number of halogens is 1. The molecule has 1 heterocycles. The van der Waals surface area contributed by atoms with Gasteiger partial charge < -0.3 is 5.73 Å². The van der Waals surface area contributed by atoms with Crippen molar-refractivity contribution in [3.05, 3.63) is 17.4 Å². The van der Waals surface area contributed by atoms with Crippen molar-refractivity contribution in [1.82, 2.24) is 10.2 Å². The Morgan fingerprint density at radius 1 is 1.62 bits per heavy atom. The second-order valence-electron chi connectivity index (χ2n) is 1.28. The maximum absolute atomic E-state index is 5.41. The Morgan fingerprint density at radius 2 is 2.38 bits per heavy atom. The molecule has 0 aliphatic rings. The van der Waals surface area contributed by atoms with E-state index >= 15 is 0 Å². The standard InChI is InChI=1S/C4H4ClN3/c5-4-3(6)1-2-7-8-4/h1-2H,(H2,6,7). The summed E-state index contributed by atoms with van der Waals surface area (Å²) in [6.07, 6.45) is 1.49. The monoisotopic (exact) mass is 129 g/mol. The molecule has 1 rings (SSSR count). The van der Waals surface area contributed by atoms with Crippen LogP contribution in [0.5, 0.6) is 0 Å². The minimum atomic E-state index is 0.257. The van der Waals surface area contributed by atoms with Crippen molar-refractivity contribution in [2.24, 2.45) is 0 Å². The number of nitrogen functional groups attached to an aromatic ring is 1. The molecule has 0 fully saturated rings. The molecule has 1 aromatic heterocycles. The highest BCUT2D eigenvalue weighted by atomic mass is 35.5. The van der Waals surface area contributed by atoms with E-state index in [1.165, 1.54) is 6.20 Å². The molecule has 0 spiro atoms. The summed E-state index contributed by atoms with van der Waals surface area (Å²) < 4.78 is 0. The highest BCUT2D eigenvalue weighted by molar-refractivity contribution is 6.31. The topological polar surface area (TPSA) is 51.8 Å². The first-order chi connectivity index (χ1) is 3.80. The Morgan fingerprint density at radius 3 is 2.75 bits per heavy atom. The Balaban J connectivity index is 3.13. The first kappa shape index (κ1) is 5.31. The van der Waals surface area contributed by atoms with Gasteiger partial charge in [0.15, 0.2) is 5.15 Å². The molecule has 0 saturated heterocycles. The van der Waals surface area contributed by atoms with Crippen molar-refractivity contribution in [2.75, 3.05) is 5.73 Å². The highest BCUT2D eigenvalue weighted by Crippen LogP contribution is 2.10. The van der Waals surface area contributed by atoms with Gasteiger partial charge in [-0.05, 0) is 6.07 Å². The Bertz CT molecular complexity index is 167. The minimum Gasteiger partial charge on any atom is -0.396 e. The van der Waals surface area contributed by atoms with Crippen molar-refractivity contribution in [3.63, 3.8) is 0 Å². The molecule has 4 heteroatoms. The molecule has 0 saturated carbocycles. The zero-order valence-electron chi connectivity index (χ0n) is 4.00. The van der Waals surface area contributed by atoms with Crippen molar-refractivity contribution >= 4 is 17.3 Å². The third-order valence-corrected chi connectivity index (χ3v) is 0.998. The molecule has 8 heavy (non-hydrogen) atoms. The third kappa shape index (κ3) is 0.869. The van der Waals surface area contributed by atoms with E-state index < -0.39 is 0 Å². The van der Waals surface area contributed by atoms with Crippen LogP contribution in [0.2, 0.25) is 5.15 Å². The largest absolute Gasteiger partial charge is 0.396 e. The van der Waals surface area contributed by atoms with Crippen molar-refractivity contribution < 1.29 is 0 Å². The molecular weight excluding hydrogens is 126 g/mol. The summed E-state index contributed by atoms with van der Waals surface area (Å²) in [7, 11) is 0. The molecule has 0 unspecified atom stereocenters. The maximum atomic E-state index is 5.41. The number of nitrogens with two attached hydrogens (primary N) is 1. The first-order valence-corrected chi connectivity index (χ1v) is 2.41. The molecule has 0 bridgehead atoms. The Labute approximate surface area is 51.5 Å². The van der Waals surface area contributed by atoms with Crippen molar-refractivity contribution in [3.8, 4) is 0 Å². The SMILES string of the molecule is Nc1ccnnc1Cl. The van der Waals surface area contributed by atoms with E-state index in [-0.39, 0.29) is 5.15 Å². The van der Waals surface area contributed by atoms with E-state index in [0.717, 1.165) is 0 Å². The normalized spacial score (nSPS) is 9.12. The van der Waals surface area contributed by atoms with Gasteiger partial charge in [0.1, 0.15) is 0 Å². The van der Waals surface area contributed by atoms with Gasteiger partial charge in [0.05, 0.1) is 11.9 Å². The maximum Gasteiger partial charge on any atom is 0.174 e.